The lowest BCUT2D eigenvalue weighted by Gasteiger charge is -2.08. The highest BCUT2D eigenvalue weighted by Crippen LogP contribution is 2.30. The molecule has 0 aliphatic rings. The highest BCUT2D eigenvalue weighted by Gasteiger charge is 2.10. The largest absolute Gasteiger partial charge is 0.478 e. The van der Waals surface area contributed by atoms with Crippen LogP contribution in [-0.4, -0.2) is 21.0 Å². The number of carboxylic acids is 1. The molecule has 6 heteroatoms. The number of thiophene rings is 1. The van der Waals surface area contributed by atoms with E-state index in [0.717, 1.165) is 27.3 Å². The third kappa shape index (κ3) is 2.45. The van der Waals surface area contributed by atoms with Gasteiger partial charge in [0.05, 0.1) is 15.8 Å². The molecule has 2 aromatic heterocycles. The lowest BCUT2D eigenvalue weighted by Crippen LogP contribution is -2.01. The predicted octanol–water partition coefficient (Wildman–Crippen LogP) is 3.75. The number of benzene rings is 1. The summed E-state index contributed by atoms with van der Waals surface area (Å²) < 4.78 is 0.995. The number of rotatable bonds is 3. The van der Waals surface area contributed by atoms with Gasteiger partial charge >= 0.3 is 5.97 Å². The molecule has 0 unspecified atom stereocenters. The number of aryl methyl sites for hydroxylation is 2. The zero-order valence-electron chi connectivity index (χ0n) is 11.5. The van der Waals surface area contributed by atoms with Gasteiger partial charge in [-0.15, -0.1) is 11.3 Å². The molecule has 0 radical (unpaired) electrons. The number of hydrogen-bond acceptors (Lipinski definition) is 5. The fourth-order valence-electron chi connectivity index (χ4n) is 2.18. The smallest absolute Gasteiger partial charge is 0.335 e. The standard InChI is InChI=1S/C15H13N3O2S/c1-8-5-10(3-4-11(8)15(19)20)18-14-13-12(16-7-17-14)9(2)6-21-13/h3-7H,1-2H3,(H,19,20)(H,16,17,18). The van der Waals surface area contributed by atoms with Crippen LogP contribution in [0.15, 0.2) is 29.9 Å². The zero-order chi connectivity index (χ0) is 15.0. The van der Waals surface area contributed by atoms with Gasteiger partial charge in [-0.05, 0) is 48.6 Å². The van der Waals surface area contributed by atoms with Crippen molar-refractivity contribution in [2.24, 2.45) is 0 Å². The molecular formula is C15H13N3O2S. The van der Waals surface area contributed by atoms with E-state index >= 15 is 0 Å². The van der Waals surface area contributed by atoms with Crippen LogP contribution in [0.3, 0.4) is 0 Å². The average Bonchev–Trinajstić information content (AvgIpc) is 2.81. The molecule has 0 amide bonds. The monoisotopic (exact) mass is 299 g/mol. The number of aromatic nitrogens is 2. The van der Waals surface area contributed by atoms with Crippen molar-refractivity contribution < 1.29 is 9.90 Å². The van der Waals surface area contributed by atoms with Crippen molar-refractivity contribution in [2.75, 3.05) is 5.32 Å². The normalized spacial score (nSPS) is 10.8. The van der Waals surface area contributed by atoms with Gasteiger partial charge in [-0.2, -0.15) is 0 Å². The molecule has 0 bridgehead atoms. The first-order chi connectivity index (χ1) is 10.1. The van der Waals surface area contributed by atoms with E-state index in [1.165, 1.54) is 6.33 Å². The third-order valence-corrected chi connectivity index (χ3v) is 4.34. The van der Waals surface area contributed by atoms with Gasteiger partial charge in [-0.1, -0.05) is 0 Å². The summed E-state index contributed by atoms with van der Waals surface area (Å²) in [6.07, 6.45) is 1.53. The molecule has 2 N–H and O–H groups in total. The van der Waals surface area contributed by atoms with Gasteiger partial charge in [0.1, 0.15) is 6.33 Å². The molecule has 106 valence electrons. The second-order valence-electron chi connectivity index (χ2n) is 4.78. The average molecular weight is 299 g/mol. The number of fused-ring (bicyclic) bond motifs is 1. The van der Waals surface area contributed by atoms with Crippen molar-refractivity contribution in [1.82, 2.24) is 9.97 Å². The molecule has 21 heavy (non-hydrogen) atoms. The molecule has 0 spiro atoms. The summed E-state index contributed by atoms with van der Waals surface area (Å²) in [7, 11) is 0. The molecular weight excluding hydrogens is 286 g/mol. The molecule has 0 saturated carbocycles. The molecule has 0 aliphatic heterocycles. The Morgan fingerprint density at radius 1 is 1.24 bits per heavy atom. The van der Waals surface area contributed by atoms with Gasteiger partial charge in [0.15, 0.2) is 5.82 Å². The zero-order valence-corrected chi connectivity index (χ0v) is 12.4. The van der Waals surface area contributed by atoms with Gasteiger partial charge in [0, 0.05) is 5.69 Å². The summed E-state index contributed by atoms with van der Waals surface area (Å²) >= 11 is 1.59. The Hall–Kier alpha value is -2.47. The quantitative estimate of drug-likeness (QED) is 0.770. The van der Waals surface area contributed by atoms with Crippen LogP contribution in [0.2, 0.25) is 0 Å². The number of aromatic carboxylic acids is 1. The van der Waals surface area contributed by atoms with E-state index in [1.807, 2.05) is 12.3 Å². The molecule has 0 saturated heterocycles. The number of nitrogens with zero attached hydrogens (tertiary/aromatic N) is 2. The maximum atomic E-state index is 11.0. The number of nitrogens with one attached hydrogen (secondary N) is 1. The van der Waals surface area contributed by atoms with Crippen molar-refractivity contribution in [3.05, 3.63) is 46.6 Å². The predicted molar refractivity (Wildman–Crippen MR) is 83.6 cm³/mol. The Bertz CT molecular complexity index is 842. The summed E-state index contributed by atoms with van der Waals surface area (Å²) in [5.74, 6) is -0.182. The number of anilines is 2. The van der Waals surface area contributed by atoms with Gasteiger partial charge in [0.25, 0.3) is 0 Å². The van der Waals surface area contributed by atoms with E-state index in [-0.39, 0.29) is 0 Å². The molecule has 3 aromatic rings. The summed E-state index contributed by atoms with van der Waals surface area (Å²) in [5, 5.41) is 14.3. The minimum atomic E-state index is -0.919. The Labute approximate surface area is 125 Å². The SMILES string of the molecule is Cc1cc(Nc2ncnc3c(C)csc23)ccc1C(=O)O. The molecule has 5 nitrogen and oxygen atoms in total. The maximum Gasteiger partial charge on any atom is 0.335 e. The minimum Gasteiger partial charge on any atom is -0.478 e. The van der Waals surface area contributed by atoms with Gasteiger partial charge < -0.3 is 10.4 Å². The van der Waals surface area contributed by atoms with Crippen molar-refractivity contribution in [2.45, 2.75) is 13.8 Å². The van der Waals surface area contributed by atoms with E-state index in [9.17, 15) is 4.79 Å². The van der Waals surface area contributed by atoms with Crippen LogP contribution in [0.1, 0.15) is 21.5 Å². The summed E-state index contributed by atoms with van der Waals surface area (Å²) in [6, 6.07) is 5.14. The molecule has 0 fully saturated rings. The van der Waals surface area contributed by atoms with Gasteiger partial charge in [0.2, 0.25) is 0 Å². The van der Waals surface area contributed by atoms with Crippen molar-refractivity contribution in [1.29, 1.82) is 0 Å². The van der Waals surface area contributed by atoms with Crippen molar-refractivity contribution in [3.8, 4) is 0 Å². The summed E-state index contributed by atoms with van der Waals surface area (Å²) in [5.41, 5.74) is 3.89. The first-order valence-electron chi connectivity index (χ1n) is 6.36. The fourth-order valence-corrected chi connectivity index (χ4v) is 3.12. The Morgan fingerprint density at radius 2 is 2.05 bits per heavy atom. The third-order valence-electron chi connectivity index (χ3n) is 3.25. The minimum absolute atomic E-state index is 0.306. The van der Waals surface area contributed by atoms with E-state index in [2.05, 4.69) is 15.3 Å². The molecule has 1 aromatic carbocycles. The van der Waals surface area contributed by atoms with E-state index in [0.29, 0.717) is 11.1 Å². The molecule has 0 aliphatic carbocycles. The molecule has 2 heterocycles. The first-order valence-corrected chi connectivity index (χ1v) is 7.24. The Kier molecular flexibility index (Phi) is 3.31. The van der Waals surface area contributed by atoms with Gasteiger partial charge in [-0.25, -0.2) is 14.8 Å². The lowest BCUT2D eigenvalue weighted by atomic mass is 10.1. The lowest BCUT2D eigenvalue weighted by molar-refractivity contribution is 0.0696. The van der Waals surface area contributed by atoms with Crippen molar-refractivity contribution >= 4 is 39.0 Å². The van der Waals surface area contributed by atoms with Crippen molar-refractivity contribution in [3.63, 3.8) is 0 Å². The fraction of sp³-hybridized carbons (Fsp3) is 0.133. The summed E-state index contributed by atoms with van der Waals surface area (Å²) in [4.78, 5) is 19.6. The first kappa shape index (κ1) is 13.5. The van der Waals surface area contributed by atoms with Crippen LogP contribution in [0.4, 0.5) is 11.5 Å². The van der Waals surface area contributed by atoms with Crippen LogP contribution in [0.5, 0.6) is 0 Å². The number of hydrogen-bond donors (Lipinski definition) is 2. The second-order valence-corrected chi connectivity index (χ2v) is 5.66. The van der Waals surface area contributed by atoms with Gasteiger partial charge in [-0.3, -0.25) is 0 Å². The Morgan fingerprint density at radius 3 is 2.76 bits per heavy atom. The highest BCUT2D eigenvalue weighted by atomic mass is 32.1. The van der Waals surface area contributed by atoms with E-state index < -0.39 is 5.97 Å². The van der Waals surface area contributed by atoms with Crippen LogP contribution < -0.4 is 5.32 Å². The van der Waals surface area contributed by atoms with Crippen LogP contribution in [0, 0.1) is 13.8 Å². The number of carbonyl (C=O) groups is 1. The van der Waals surface area contributed by atoms with E-state index in [1.54, 1.807) is 36.5 Å². The van der Waals surface area contributed by atoms with Crippen LogP contribution in [-0.2, 0) is 0 Å². The topological polar surface area (TPSA) is 75.1 Å². The van der Waals surface area contributed by atoms with Crippen LogP contribution in [0.25, 0.3) is 10.2 Å². The highest BCUT2D eigenvalue weighted by molar-refractivity contribution is 7.18. The van der Waals surface area contributed by atoms with Crippen LogP contribution >= 0.6 is 11.3 Å². The summed E-state index contributed by atoms with van der Waals surface area (Å²) in [6.45, 7) is 3.79. The Balaban J connectivity index is 1.99. The number of carboxylic acid groups (broad SMARTS) is 1. The molecule has 3 rings (SSSR count). The van der Waals surface area contributed by atoms with E-state index in [4.69, 9.17) is 5.11 Å². The maximum absolute atomic E-state index is 11.0. The molecule has 0 atom stereocenters. The second kappa shape index (κ2) is 5.14.